The van der Waals surface area contributed by atoms with Gasteiger partial charge < -0.3 is 29.7 Å². The molecule has 0 unspecified atom stereocenters. The van der Waals surface area contributed by atoms with Crippen LogP contribution in [0.4, 0.5) is 4.79 Å². The number of nitrogens with zero attached hydrogens (tertiary/aromatic N) is 5. The van der Waals surface area contributed by atoms with Crippen LogP contribution in [-0.4, -0.2) is 74.2 Å². The van der Waals surface area contributed by atoms with Crippen molar-refractivity contribution in [2.24, 2.45) is 5.29 Å². The van der Waals surface area contributed by atoms with E-state index in [1.165, 1.54) is 6.42 Å². The number of alkyl halides is 1. The molecule has 4 heterocycles. The van der Waals surface area contributed by atoms with Gasteiger partial charge in [-0.15, -0.1) is 28.9 Å². The first-order valence-electron chi connectivity index (χ1n) is 15.5. The number of aromatic hydroxyl groups is 1. The normalized spacial score (nSPS) is 18.2. The van der Waals surface area contributed by atoms with Crippen LogP contribution in [0.25, 0.3) is 22.3 Å². The number of carbonyl (C=O) groups excluding carboxylic acids is 2. The number of phenols is 1. The fourth-order valence-electron chi connectivity index (χ4n) is 6.34. The Kier molecular flexibility index (Phi) is 11.5. The third-order valence-corrected chi connectivity index (χ3v) is 8.98. The maximum absolute atomic E-state index is 13.2. The minimum absolute atomic E-state index is 0. The standard InChI is InChI=1S/C23H23N3O5.C9H16ClN3O2.ClH/c1-4-23(30)16-8-18-20-12(9-26(18)21(28)15(16)11-31-22(23)29)7-13-14(10-25(2)3)19(27)6-5-17(13)24-20;10-6-7-13(12-15)9(14)11-8-4-2-1-3-5-8;/h5-8,27,30H,4,9-11H2,1-3H3;8H,1-7H2,(H,11,14);1H/t23-;;/m0../s1. The average Bonchev–Trinajstić information content (AvgIpc) is 3.41. The van der Waals surface area contributed by atoms with E-state index in [9.17, 15) is 29.5 Å². The fourth-order valence-corrected chi connectivity index (χ4v) is 6.50. The molecule has 2 amide bonds. The number of hydrogen-bond acceptors (Lipinski definition) is 10. The first kappa shape index (κ1) is 36.1. The molecular formula is C32H40Cl2N6O7. The number of ether oxygens (including phenoxy) is 1. The Morgan fingerprint density at radius 1 is 1.21 bits per heavy atom. The van der Waals surface area contributed by atoms with Gasteiger partial charge in [0.05, 0.1) is 40.8 Å². The molecule has 3 aromatic rings. The van der Waals surface area contributed by atoms with Crippen LogP contribution in [0.5, 0.6) is 5.75 Å². The average molecular weight is 692 g/mol. The highest BCUT2D eigenvalue weighted by Gasteiger charge is 2.45. The topological polar surface area (TPSA) is 167 Å². The predicted octanol–water partition coefficient (Wildman–Crippen LogP) is 4.52. The molecule has 3 aliphatic rings. The van der Waals surface area contributed by atoms with E-state index in [2.05, 4.69) is 10.6 Å². The van der Waals surface area contributed by atoms with E-state index in [-0.39, 0.29) is 55.2 Å². The van der Waals surface area contributed by atoms with E-state index >= 15 is 0 Å². The van der Waals surface area contributed by atoms with Crippen LogP contribution in [0.3, 0.4) is 0 Å². The number of nitroso groups, excluding NO2 is 1. The second-order valence-electron chi connectivity index (χ2n) is 12.1. The maximum Gasteiger partial charge on any atom is 0.343 e. The number of esters is 1. The number of phenolic OH excluding ortho intramolecular Hbond substituents is 1. The highest BCUT2D eigenvalue weighted by Crippen LogP contribution is 2.39. The molecule has 1 saturated carbocycles. The summed E-state index contributed by atoms with van der Waals surface area (Å²) in [5.74, 6) is -0.320. The first-order chi connectivity index (χ1) is 22.0. The lowest BCUT2D eigenvalue weighted by Gasteiger charge is -2.31. The van der Waals surface area contributed by atoms with Crippen molar-refractivity contribution in [2.75, 3.05) is 26.5 Å². The zero-order valence-electron chi connectivity index (χ0n) is 26.6. The van der Waals surface area contributed by atoms with E-state index in [0.717, 1.165) is 47.2 Å². The lowest BCUT2D eigenvalue weighted by atomic mass is 9.86. The number of carbonyl (C=O) groups is 2. The summed E-state index contributed by atoms with van der Waals surface area (Å²) in [7, 11) is 3.86. The number of pyridine rings is 2. The molecule has 2 aromatic heterocycles. The van der Waals surface area contributed by atoms with Gasteiger partial charge in [0.15, 0.2) is 5.60 Å². The van der Waals surface area contributed by atoms with E-state index in [0.29, 0.717) is 41.1 Å². The van der Waals surface area contributed by atoms with Crippen molar-refractivity contribution in [3.8, 4) is 17.1 Å². The molecule has 2 aliphatic heterocycles. The molecule has 3 N–H and O–H groups in total. The molecule has 1 fully saturated rings. The number of hydrogen-bond donors (Lipinski definition) is 3. The van der Waals surface area contributed by atoms with Crippen LogP contribution < -0.4 is 10.9 Å². The fraction of sp³-hybridized carbons (Fsp3) is 0.500. The summed E-state index contributed by atoms with van der Waals surface area (Å²) in [6.07, 6.45) is 5.57. The third-order valence-electron chi connectivity index (χ3n) is 8.81. The molecule has 1 aliphatic carbocycles. The molecule has 15 heteroatoms. The van der Waals surface area contributed by atoms with Crippen molar-refractivity contribution < 1.29 is 24.5 Å². The molecule has 0 spiro atoms. The summed E-state index contributed by atoms with van der Waals surface area (Å²) in [5, 5.41) is 28.4. The molecule has 254 valence electrons. The second kappa shape index (κ2) is 15.0. The lowest BCUT2D eigenvalue weighted by Crippen LogP contribution is -2.44. The number of aromatic nitrogens is 2. The highest BCUT2D eigenvalue weighted by atomic mass is 35.5. The van der Waals surface area contributed by atoms with Gasteiger partial charge in [0.1, 0.15) is 12.4 Å². The lowest BCUT2D eigenvalue weighted by molar-refractivity contribution is -0.172. The zero-order chi connectivity index (χ0) is 33.2. The summed E-state index contributed by atoms with van der Waals surface area (Å²) < 4.78 is 6.71. The molecule has 1 aromatic carbocycles. The number of urea groups is 1. The largest absolute Gasteiger partial charge is 0.508 e. The number of aliphatic hydroxyl groups is 1. The maximum atomic E-state index is 13.2. The van der Waals surface area contributed by atoms with E-state index in [1.54, 1.807) is 29.7 Å². The molecule has 0 saturated heterocycles. The Bertz CT molecular complexity index is 1730. The number of amides is 2. The van der Waals surface area contributed by atoms with E-state index < -0.39 is 17.6 Å². The number of rotatable bonds is 7. The highest BCUT2D eigenvalue weighted by molar-refractivity contribution is 6.18. The van der Waals surface area contributed by atoms with Crippen LogP contribution in [0, 0.1) is 4.91 Å². The van der Waals surface area contributed by atoms with Crippen molar-refractivity contribution >= 4 is 46.9 Å². The van der Waals surface area contributed by atoms with Gasteiger partial charge in [-0.1, -0.05) is 26.2 Å². The Balaban J connectivity index is 0.000000266. The number of fused-ring (bicyclic) bond motifs is 5. The monoisotopic (exact) mass is 690 g/mol. The van der Waals surface area contributed by atoms with Crippen molar-refractivity contribution in [2.45, 2.75) is 76.8 Å². The van der Waals surface area contributed by atoms with Crippen LogP contribution in [0.15, 0.2) is 34.3 Å². The van der Waals surface area contributed by atoms with Crippen molar-refractivity contribution in [3.63, 3.8) is 0 Å². The van der Waals surface area contributed by atoms with Gasteiger partial charge in [0.2, 0.25) is 0 Å². The Labute approximate surface area is 283 Å². The summed E-state index contributed by atoms with van der Waals surface area (Å²) >= 11 is 5.44. The smallest absolute Gasteiger partial charge is 0.343 e. The van der Waals surface area contributed by atoms with Crippen LogP contribution in [-0.2, 0) is 34.8 Å². The summed E-state index contributed by atoms with van der Waals surface area (Å²) in [6, 6.07) is 6.80. The predicted molar refractivity (Wildman–Crippen MR) is 179 cm³/mol. The molecular weight excluding hydrogens is 651 g/mol. The molecule has 13 nitrogen and oxygen atoms in total. The number of benzene rings is 1. The summed E-state index contributed by atoms with van der Waals surface area (Å²) in [5.41, 5.74) is 2.03. The minimum atomic E-state index is -1.84. The van der Waals surface area contributed by atoms with Crippen LogP contribution >= 0.6 is 24.0 Å². The third kappa shape index (κ3) is 7.08. The number of nitrogens with one attached hydrogen (secondary N) is 1. The first-order valence-corrected chi connectivity index (χ1v) is 16.0. The van der Waals surface area contributed by atoms with E-state index in [4.69, 9.17) is 21.3 Å². The quantitative estimate of drug-likeness (QED) is 0.109. The number of cyclic esters (lactones) is 1. The summed E-state index contributed by atoms with van der Waals surface area (Å²) in [6.45, 7) is 2.56. The molecule has 0 bridgehead atoms. The van der Waals surface area contributed by atoms with Gasteiger partial charge in [-0.25, -0.2) is 14.6 Å². The van der Waals surface area contributed by atoms with Crippen molar-refractivity contribution in [1.82, 2.24) is 24.8 Å². The van der Waals surface area contributed by atoms with Crippen LogP contribution in [0.1, 0.15) is 67.7 Å². The summed E-state index contributed by atoms with van der Waals surface area (Å²) in [4.78, 5) is 54.1. The van der Waals surface area contributed by atoms with Gasteiger partial charge in [-0.3, -0.25) is 4.79 Å². The Morgan fingerprint density at radius 2 is 1.94 bits per heavy atom. The van der Waals surface area contributed by atoms with Gasteiger partial charge in [-0.2, -0.15) is 5.01 Å². The Hall–Kier alpha value is -3.78. The van der Waals surface area contributed by atoms with Gasteiger partial charge in [0.25, 0.3) is 5.56 Å². The molecule has 1 atom stereocenters. The van der Waals surface area contributed by atoms with Gasteiger partial charge in [-0.05, 0) is 57.6 Å². The molecule has 6 rings (SSSR count). The van der Waals surface area contributed by atoms with Gasteiger partial charge in [0, 0.05) is 40.5 Å². The van der Waals surface area contributed by atoms with Gasteiger partial charge >= 0.3 is 12.0 Å². The minimum Gasteiger partial charge on any atom is -0.508 e. The molecule has 47 heavy (non-hydrogen) atoms. The van der Waals surface area contributed by atoms with Crippen molar-refractivity contribution in [3.05, 3.63) is 61.8 Å². The Morgan fingerprint density at radius 3 is 2.57 bits per heavy atom. The van der Waals surface area contributed by atoms with E-state index in [1.807, 2.05) is 25.1 Å². The SMILES string of the molecule is CC[C@@]1(O)C(=O)OCc2c1cc1n(c2=O)Cc2cc3c(CN(C)C)c(O)ccc3nc2-1.Cl.O=NN(CCCl)C(=O)NC1CCCCC1. The number of halogens is 2. The molecule has 0 radical (unpaired) electrons. The van der Waals surface area contributed by atoms with Crippen molar-refractivity contribution in [1.29, 1.82) is 0 Å². The zero-order valence-corrected chi connectivity index (χ0v) is 28.2. The second-order valence-corrected chi connectivity index (χ2v) is 12.5. The van der Waals surface area contributed by atoms with Crippen LogP contribution in [0.2, 0.25) is 0 Å².